The summed E-state index contributed by atoms with van der Waals surface area (Å²) in [7, 11) is 1.63. The van der Waals surface area contributed by atoms with Crippen LogP contribution in [0.25, 0.3) is 0 Å². The number of rotatable bonds is 11. The lowest BCUT2D eigenvalue weighted by molar-refractivity contribution is -0.141. The summed E-state index contributed by atoms with van der Waals surface area (Å²) in [6, 6.07) is 16.9. The molecule has 0 aliphatic heterocycles. The molecule has 0 spiro atoms. The molecule has 1 N–H and O–H groups in total. The van der Waals surface area contributed by atoms with E-state index in [0.29, 0.717) is 25.9 Å². The van der Waals surface area contributed by atoms with Gasteiger partial charge in [0.1, 0.15) is 11.8 Å². The van der Waals surface area contributed by atoms with Crippen molar-refractivity contribution in [2.24, 2.45) is 0 Å². The first-order chi connectivity index (χ1) is 14.1. The quantitative estimate of drug-likeness (QED) is 0.625. The Morgan fingerprint density at radius 2 is 1.66 bits per heavy atom. The fourth-order valence-corrected chi connectivity index (χ4v) is 3.21. The van der Waals surface area contributed by atoms with E-state index in [1.54, 1.807) is 12.0 Å². The van der Waals surface area contributed by atoms with Crippen LogP contribution in [-0.4, -0.2) is 36.4 Å². The van der Waals surface area contributed by atoms with Crippen molar-refractivity contribution in [3.8, 4) is 5.75 Å². The predicted octanol–water partition coefficient (Wildman–Crippen LogP) is 3.96. The molecule has 0 aliphatic rings. The number of amides is 2. The first-order valence-corrected chi connectivity index (χ1v) is 10.3. The summed E-state index contributed by atoms with van der Waals surface area (Å²) in [5, 5.41) is 2.98. The fraction of sp³-hybridized carbons (Fsp3) is 0.417. The lowest BCUT2D eigenvalue weighted by Crippen LogP contribution is -2.50. The largest absolute Gasteiger partial charge is 0.497 e. The van der Waals surface area contributed by atoms with Crippen molar-refractivity contribution in [2.75, 3.05) is 13.7 Å². The van der Waals surface area contributed by atoms with Gasteiger partial charge in [-0.25, -0.2) is 0 Å². The van der Waals surface area contributed by atoms with Crippen molar-refractivity contribution in [3.63, 3.8) is 0 Å². The number of hydrogen-bond acceptors (Lipinski definition) is 3. The van der Waals surface area contributed by atoms with Gasteiger partial charge in [-0.15, -0.1) is 0 Å². The summed E-state index contributed by atoms with van der Waals surface area (Å²) in [6.07, 6.45) is 2.50. The van der Waals surface area contributed by atoms with Crippen LogP contribution in [0.3, 0.4) is 0 Å². The minimum absolute atomic E-state index is 0.00380. The zero-order chi connectivity index (χ0) is 21.1. The molecule has 0 radical (unpaired) electrons. The smallest absolute Gasteiger partial charge is 0.243 e. The molecule has 0 fully saturated rings. The standard InChI is InChI=1S/C24H32N2O3/c1-4-9-23(27)26(18-20-12-14-21(29-3)15-13-20)22(24(28)25-16-5-2)17-19-10-7-6-8-11-19/h6-8,10-15,22H,4-5,9,16-18H2,1-3H3,(H,25,28)/t22-/m1/s1. The third-order valence-electron chi connectivity index (χ3n) is 4.80. The van der Waals surface area contributed by atoms with Crippen LogP contribution in [0, 0.1) is 0 Å². The molecule has 0 bridgehead atoms. The molecule has 2 rings (SSSR count). The molecule has 2 amide bonds. The van der Waals surface area contributed by atoms with Crippen molar-refractivity contribution in [3.05, 3.63) is 65.7 Å². The van der Waals surface area contributed by atoms with Crippen LogP contribution in [0.4, 0.5) is 0 Å². The second-order valence-electron chi connectivity index (χ2n) is 7.12. The van der Waals surface area contributed by atoms with Gasteiger partial charge < -0.3 is 15.0 Å². The number of nitrogens with zero attached hydrogens (tertiary/aromatic N) is 1. The molecule has 2 aromatic carbocycles. The molecule has 2 aromatic rings. The van der Waals surface area contributed by atoms with Gasteiger partial charge in [-0.05, 0) is 36.1 Å². The van der Waals surface area contributed by atoms with Gasteiger partial charge in [-0.3, -0.25) is 9.59 Å². The Kier molecular flexibility index (Phi) is 9.22. The highest BCUT2D eigenvalue weighted by atomic mass is 16.5. The first kappa shape index (κ1) is 22.5. The van der Waals surface area contributed by atoms with E-state index in [1.807, 2.05) is 68.4 Å². The molecule has 0 saturated carbocycles. The van der Waals surface area contributed by atoms with Gasteiger partial charge in [0.15, 0.2) is 0 Å². The Morgan fingerprint density at radius 3 is 2.24 bits per heavy atom. The minimum Gasteiger partial charge on any atom is -0.497 e. The Morgan fingerprint density at radius 1 is 0.966 bits per heavy atom. The van der Waals surface area contributed by atoms with Crippen LogP contribution in [0.5, 0.6) is 5.75 Å². The molecule has 5 nitrogen and oxygen atoms in total. The Balaban J connectivity index is 2.32. The van der Waals surface area contributed by atoms with E-state index in [4.69, 9.17) is 4.74 Å². The number of benzene rings is 2. The molecular weight excluding hydrogens is 364 g/mol. The van der Waals surface area contributed by atoms with E-state index in [1.165, 1.54) is 0 Å². The predicted molar refractivity (Wildman–Crippen MR) is 116 cm³/mol. The zero-order valence-electron chi connectivity index (χ0n) is 17.7. The average molecular weight is 397 g/mol. The van der Waals surface area contributed by atoms with Gasteiger partial charge in [0.25, 0.3) is 0 Å². The lowest BCUT2D eigenvalue weighted by Gasteiger charge is -2.31. The number of ether oxygens (including phenoxy) is 1. The Bertz CT molecular complexity index is 759. The summed E-state index contributed by atoms with van der Waals surface area (Å²) < 4.78 is 5.22. The van der Waals surface area contributed by atoms with E-state index >= 15 is 0 Å². The van der Waals surface area contributed by atoms with E-state index in [2.05, 4.69) is 5.32 Å². The van der Waals surface area contributed by atoms with Gasteiger partial charge in [-0.2, -0.15) is 0 Å². The van der Waals surface area contributed by atoms with Crippen molar-refractivity contribution in [2.45, 2.75) is 52.1 Å². The Hall–Kier alpha value is -2.82. The molecule has 0 saturated heterocycles. The van der Waals surface area contributed by atoms with Crippen molar-refractivity contribution < 1.29 is 14.3 Å². The third kappa shape index (κ3) is 6.93. The maximum atomic E-state index is 13.0. The second kappa shape index (κ2) is 11.9. The average Bonchev–Trinajstić information content (AvgIpc) is 2.75. The summed E-state index contributed by atoms with van der Waals surface area (Å²) in [6.45, 7) is 4.99. The molecular formula is C24H32N2O3. The second-order valence-corrected chi connectivity index (χ2v) is 7.12. The first-order valence-electron chi connectivity index (χ1n) is 10.3. The van der Waals surface area contributed by atoms with Gasteiger partial charge >= 0.3 is 0 Å². The Labute approximate surface area is 174 Å². The monoisotopic (exact) mass is 396 g/mol. The highest BCUT2D eigenvalue weighted by Crippen LogP contribution is 2.18. The number of methoxy groups -OCH3 is 1. The van der Waals surface area contributed by atoms with Crippen molar-refractivity contribution in [1.29, 1.82) is 0 Å². The van der Waals surface area contributed by atoms with E-state index in [-0.39, 0.29) is 11.8 Å². The molecule has 5 heteroatoms. The summed E-state index contributed by atoms with van der Waals surface area (Å²) in [5.74, 6) is 0.659. The van der Waals surface area contributed by atoms with Gasteiger partial charge in [0.2, 0.25) is 11.8 Å². The van der Waals surface area contributed by atoms with Crippen LogP contribution in [-0.2, 0) is 22.6 Å². The van der Waals surface area contributed by atoms with E-state index < -0.39 is 6.04 Å². The SMILES string of the molecule is CCCNC(=O)[C@@H](Cc1ccccc1)N(Cc1ccc(OC)cc1)C(=O)CCC. The molecule has 0 aromatic heterocycles. The van der Waals surface area contributed by atoms with Crippen LogP contribution in [0.1, 0.15) is 44.2 Å². The zero-order valence-corrected chi connectivity index (χ0v) is 17.7. The molecule has 0 aliphatic carbocycles. The van der Waals surface area contributed by atoms with Crippen molar-refractivity contribution in [1.82, 2.24) is 10.2 Å². The number of hydrogen-bond donors (Lipinski definition) is 1. The fourth-order valence-electron chi connectivity index (χ4n) is 3.21. The number of carbonyl (C=O) groups is 2. The van der Waals surface area contributed by atoms with Crippen molar-refractivity contribution >= 4 is 11.8 Å². The van der Waals surface area contributed by atoms with Crippen LogP contribution in [0.15, 0.2) is 54.6 Å². The lowest BCUT2D eigenvalue weighted by atomic mass is 10.0. The maximum Gasteiger partial charge on any atom is 0.243 e. The normalized spacial score (nSPS) is 11.6. The third-order valence-corrected chi connectivity index (χ3v) is 4.80. The number of carbonyl (C=O) groups excluding carboxylic acids is 2. The van der Waals surface area contributed by atoms with Gasteiger partial charge in [0, 0.05) is 25.9 Å². The van der Waals surface area contributed by atoms with Crippen LogP contribution >= 0.6 is 0 Å². The maximum absolute atomic E-state index is 13.0. The molecule has 0 heterocycles. The molecule has 0 unspecified atom stereocenters. The number of nitrogens with one attached hydrogen (secondary N) is 1. The minimum atomic E-state index is -0.551. The summed E-state index contributed by atoms with van der Waals surface area (Å²) in [5.41, 5.74) is 2.00. The highest BCUT2D eigenvalue weighted by Gasteiger charge is 2.29. The van der Waals surface area contributed by atoms with Gasteiger partial charge in [-0.1, -0.05) is 56.3 Å². The van der Waals surface area contributed by atoms with Crippen LogP contribution in [0.2, 0.25) is 0 Å². The highest BCUT2D eigenvalue weighted by molar-refractivity contribution is 5.88. The van der Waals surface area contributed by atoms with Gasteiger partial charge in [0.05, 0.1) is 7.11 Å². The summed E-state index contributed by atoms with van der Waals surface area (Å²) in [4.78, 5) is 27.7. The summed E-state index contributed by atoms with van der Waals surface area (Å²) >= 11 is 0. The molecule has 29 heavy (non-hydrogen) atoms. The molecule has 1 atom stereocenters. The topological polar surface area (TPSA) is 58.6 Å². The van der Waals surface area contributed by atoms with Crippen LogP contribution < -0.4 is 10.1 Å². The molecule has 156 valence electrons. The van der Waals surface area contributed by atoms with E-state index in [0.717, 1.165) is 29.7 Å². The van der Waals surface area contributed by atoms with E-state index in [9.17, 15) is 9.59 Å².